The molecule has 3 rings (SSSR count). The minimum Gasteiger partial charge on any atom is -0.481 e. The molecule has 2 amide bonds. The van der Waals surface area contributed by atoms with Gasteiger partial charge in [-0.25, -0.2) is 0 Å². The van der Waals surface area contributed by atoms with Gasteiger partial charge in [-0.15, -0.1) is 0 Å². The zero-order valence-corrected chi connectivity index (χ0v) is 15.3. The molecule has 0 saturated carbocycles. The quantitative estimate of drug-likeness (QED) is 0.747. The van der Waals surface area contributed by atoms with Crippen molar-refractivity contribution in [2.45, 2.75) is 18.8 Å². The Morgan fingerprint density at radius 1 is 1.11 bits per heavy atom. The van der Waals surface area contributed by atoms with Crippen LogP contribution in [-0.4, -0.2) is 36.0 Å². The first-order valence-corrected chi connectivity index (χ1v) is 9.01. The molecule has 0 bridgehead atoms. The largest absolute Gasteiger partial charge is 0.481 e. The van der Waals surface area contributed by atoms with Gasteiger partial charge in [0.25, 0.3) is 5.91 Å². The third kappa shape index (κ3) is 4.28. The third-order valence-corrected chi connectivity index (χ3v) is 4.78. The number of benzene rings is 2. The Hall–Kier alpha value is -2.86. The molecule has 140 valence electrons. The van der Waals surface area contributed by atoms with E-state index in [1.54, 1.807) is 48.5 Å². The number of rotatable bonds is 6. The van der Waals surface area contributed by atoms with E-state index in [-0.39, 0.29) is 24.8 Å². The fourth-order valence-electron chi connectivity index (χ4n) is 3.13. The van der Waals surface area contributed by atoms with Crippen LogP contribution < -0.4 is 10.2 Å². The standard InChI is InChI=1S/C20H19ClN2O4/c21-14-9-7-13(8-10-14)19(25)22-11-3-6-18(24)23-12-16(20(26)27)15-4-1-2-5-17(15)23/h1-2,4-5,7-10,16H,3,6,11-12H2,(H,22,25)(H,26,27). The number of hydrogen-bond donors (Lipinski definition) is 2. The lowest BCUT2D eigenvalue weighted by atomic mass is 10.0. The van der Waals surface area contributed by atoms with Crippen LogP contribution in [0.25, 0.3) is 0 Å². The number of carbonyl (C=O) groups excluding carboxylic acids is 2. The fourth-order valence-corrected chi connectivity index (χ4v) is 3.26. The average Bonchev–Trinajstić information content (AvgIpc) is 3.05. The summed E-state index contributed by atoms with van der Waals surface area (Å²) in [6.07, 6.45) is 0.691. The number of amides is 2. The molecule has 1 heterocycles. The lowest BCUT2D eigenvalue weighted by molar-refractivity contribution is -0.138. The summed E-state index contributed by atoms with van der Waals surface area (Å²) in [6, 6.07) is 13.6. The van der Waals surface area contributed by atoms with E-state index in [0.717, 1.165) is 0 Å². The topological polar surface area (TPSA) is 86.7 Å². The zero-order chi connectivity index (χ0) is 19.4. The van der Waals surface area contributed by atoms with Crippen LogP contribution in [0.5, 0.6) is 0 Å². The van der Waals surface area contributed by atoms with Crippen LogP contribution in [0, 0.1) is 0 Å². The van der Waals surface area contributed by atoms with E-state index in [1.165, 1.54) is 4.90 Å². The maximum absolute atomic E-state index is 12.5. The predicted molar refractivity (Wildman–Crippen MR) is 102 cm³/mol. The Morgan fingerprint density at radius 2 is 1.81 bits per heavy atom. The van der Waals surface area contributed by atoms with Crippen LogP contribution in [0.3, 0.4) is 0 Å². The monoisotopic (exact) mass is 386 g/mol. The summed E-state index contributed by atoms with van der Waals surface area (Å²) >= 11 is 5.80. The van der Waals surface area contributed by atoms with E-state index < -0.39 is 11.9 Å². The SMILES string of the molecule is O=C(NCCCC(=O)N1CC(C(=O)O)c2ccccc21)c1ccc(Cl)cc1. The minimum atomic E-state index is -0.937. The molecule has 1 aliphatic rings. The molecule has 2 N–H and O–H groups in total. The van der Waals surface area contributed by atoms with E-state index in [9.17, 15) is 19.5 Å². The van der Waals surface area contributed by atoms with Crippen molar-refractivity contribution >= 4 is 35.1 Å². The van der Waals surface area contributed by atoms with Crippen molar-refractivity contribution in [3.05, 3.63) is 64.7 Å². The van der Waals surface area contributed by atoms with Gasteiger partial charge in [-0.2, -0.15) is 0 Å². The van der Waals surface area contributed by atoms with Crippen molar-refractivity contribution < 1.29 is 19.5 Å². The number of hydrogen-bond acceptors (Lipinski definition) is 3. The molecule has 0 fully saturated rings. The van der Waals surface area contributed by atoms with Crippen molar-refractivity contribution in [2.24, 2.45) is 0 Å². The van der Waals surface area contributed by atoms with Gasteiger partial charge in [-0.1, -0.05) is 29.8 Å². The summed E-state index contributed by atoms with van der Waals surface area (Å²) < 4.78 is 0. The molecule has 6 nitrogen and oxygen atoms in total. The predicted octanol–water partition coefficient (Wildman–Crippen LogP) is 3.07. The summed E-state index contributed by atoms with van der Waals surface area (Å²) in [5, 5.41) is 12.7. The first-order chi connectivity index (χ1) is 13.0. The minimum absolute atomic E-state index is 0.143. The highest BCUT2D eigenvalue weighted by Gasteiger charge is 2.35. The van der Waals surface area contributed by atoms with Crippen molar-refractivity contribution in [3.63, 3.8) is 0 Å². The van der Waals surface area contributed by atoms with Gasteiger partial charge in [0.05, 0.1) is 0 Å². The normalized spacial score (nSPS) is 15.3. The van der Waals surface area contributed by atoms with Crippen LogP contribution in [0.4, 0.5) is 5.69 Å². The van der Waals surface area contributed by atoms with E-state index in [1.807, 2.05) is 0 Å². The number of para-hydroxylation sites is 1. The molecule has 1 unspecified atom stereocenters. The Bertz CT molecular complexity index is 867. The summed E-state index contributed by atoms with van der Waals surface area (Å²) in [6.45, 7) is 0.496. The first kappa shape index (κ1) is 18.9. The highest BCUT2D eigenvalue weighted by molar-refractivity contribution is 6.30. The lowest BCUT2D eigenvalue weighted by Crippen LogP contribution is -2.32. The number of nitrogens with one attached hydrogen (secondary N) is 1. The van der Waals surface area contributed by atoms with Gasteiger partial charge in [0.1, 0.15) is 5.92 Å². The molecule has 2 aromatic carbocycles. The fraction of sp³-hybridized carbons (Fsp3) is 0.250. The van der Waals surface area contributed by atoms with Crippen LogP contribution in [0.2, 0.25) is 5.02 Å². The second kappa shape index (κ2) is 8.22. The van der Waals surface area contributed by atoms with Gasteiger partial charge in [0, 0.05) is 35.8 Å². The van der Waals surface area contributed by atoms with E-state index in [4.69, 9.17) is 11.6 Å². The molecular formula is C20H19ClN2O4. The van der Waals surface area contributed by atoms with Gasteiger partial charge >= 0.3 is 5.97 Å². The first-order valence-electron chi connectivity index (χ1n) is 8.63. The van der Waals surface area contributed by atoms with Gasteiger partial charge < -0.3 is 15.3 Å². The number of carbonyl (C=O) groups is 3. The Morgan fingerprint density at radius 3 is 2.52 bits per heavy atom. The highest BCUT2D eigenvalue weighted by atomic mass is 35.5. The summed E-state index contributed by atoms with van der Waals surface area (Å²) in [5.74, 6) is -2.01. The molecule has 27 heavy (non-hydrogen) atoms. The third-order valence-electron chi connectivity index (χ3n) is 4.53. The molecule has 2 aromatic rings. The van der Waals surface area contributed by atoms with Crippen LogP contribution >= 0.6 is 11.6 Å². The van der Waals surface area contributed by atoms with Crippen molar-refractivity contribution in [1.29, 1.82) is 0 Å². The molecule has 0 aliphatic carbocycles. The molecule has 1 atom stereocenters. The van der Waals surface area contributed by atoms with E-state index >= 15 is 0 Å². The maximum atomic E-state index is 12.5. The zero-order valence-electron chi connectivity index (χ0n) is 14.5. The smallest absolute Gasteiger partial charge is 0.312 e. The Balaban J connectivity index is 1.52. The lowest BCUT2D eigenvalue weighted by Gasteiger charge is -2.17. The second-order valence-corrected chi connectivity index (χ2v) is 6.76. The summed E-state index contributed by atoms with van der Waals surface area (Å²) in [7, 11) is 0. The number of anilines is 1. The molecule has 0 spiro atoms. The Kier molecular flexibility index (Phi) is 5.76. The molecule has 0 radical (unpaired) electrons. The summed E-state index contributed by atoms with van der Waals surface area (Å²) in [5.41, 5.74) is 1.82. The molecule has 1 aliphatic heterocycles. The number of nitrogens with zero attached hydrogens (tertiary/aromatic N) is 1. The number of aliphatic carboxylic acids is 1. The maximum Gasteiger partial charge on any atom is 0.312 e. The number of fused-ring (bicyclic) bond motifs is 1. The van der Waals surface area contributed by atoms with Crippen LogP contribution in [0.15, 0.2) is 48.5 Å². The second-order valence-electron chi connectivity index (χ2n) is 6.32. The average molecular weight is 387 g/mol. The molecule has 0 saturated heterocycles. The molecule has 0 aromatic heterocycles. The van der Waals surface area contributed by atoms with Gasteiger partial charge in [-0.3, -0.25) is 14.4 Å². The van der Waals surface area contributed by atoms with Gasteiger partial charge in [-0.05, 0) is 42.3 Å². The number of carboxylic acids is 1. The summed E-state index contributed by atoms with van der Waals surface area (Å²) in [4.78, 5) is 37.5. The van der Waals surface area contributed by atoms with Crippen molar-refractivity contribution in [3.8, 4) is 0 Å². The highest BCUT2D eigenvalue weighted by Crippen LogP contribution is 2.36. The molecular weight excluding hydrogens is 368 g/mol. The number of carboxylic acid groups (broad SMARTS) is 1. The Labute approximate surface area is 161 Å². The van der Waals surface area contributed by atoms with E-state index in [0.29, 0.717) is 34.8 Å². The van der Waals surface area contributed by atoms with Gasteiger partial charge in [0.15, 0.2) is 0 Å². The van der Waals surface area contributed by atoms with Crippen molar-refractivity contribution in [1.82, 2.24) is 5.32 Å². The van der Waals surface area contributed by atoms with Crippen LogP contribution in [-0.2, 0) is 9.59 Å². The molecule has 7 heteroatoms. The van der Waals surface area contributed by atoms with Crippen LogP contribution in [0.1, 0.15) is 34.7 Å². The van der Waals surface area contributed by atoms with E-state index in [2.05, 4.69) is 5.32 Å². The van der Waals surface area contributed by atoms with Gasteiger partial charge in [0.2, 0.25) is 5.91 Å². The number of halogens is 1. The van der Waals surface area contributed by atoms with Crippen molar-refractivity contribution in [2.75, 3.05) is 18.0 Å².